The van der Waals surface area contributed by atoms with Crippen molar-refractivity contribution in [3.05, 3.63) is 22.2 Å². The average Bonchev–Trinajstić information content (AvgIpc) is 2.92. The fraction of sp³-hybridized carbons (Fsp3) is 0.533. The van der Waals surface area contributed by atoms with Crippen LogP contribution in [0.1, 0.15) is 29.7 Å². The van der Waals surface area contributed by atoms with Crippen LogP contribution in [0.3, 0.4) is 0 Å². The Labute approximate surface area is 133 Å². The van der Waals surface area contributed by atoms with Gasteiger partial charge in [-0.15, -0.1) is 11.3 Å². The van der Waals surface area contributed by atoms with Crippen molar-refractivity contribution in [2.45, 2.75) is 32.8 Å². The number of carbonyl (C=O) groups excluding carboxylic acids is 2. The summed E-state index contributed by atoms with van der Waals surface area (Å²) in [4.78, 5) is 30.0. The molecule has 0 bridgehead atoms. The summed E-state index contributed by atoms with van der Waals surface area (Å²) in [5, 5.41) is 0.958. The van der Waals surface area contributed by atoms with Crippen LogP contribution in [0.15, 0.2) is 12.3 Å². The molecule has 1 aliphatic heterocycles. The maximum Gasteiger partial charge on any atom is 0.409 e. The number of aromatic nitrogens is 1. The van der Waals surface area contributed by atoms with Gasteiger partial charge in [0.25, 0.3) is 0 Å². The molecule has 0 spiro atoms. The van der Waals surface area contributed by atoms with Crippen LogP contribution in [0, 0.1) is 6.92 Å². The summed E-state index contributed by atoms with van der Waals surface area (Å²) in [6, 6.07) is 0. The van der Waals surface area contributed by atoms with Crippen LogP contribution in [-0.4, -0.2) is 47.7 Å². The lowest BCUT2D eigenvalue weighted by atomic mass is 10.1. The molecule has 0 saturated carbocycles. The summed E-state index contributed by atoms with van der Waals surface area (Å²) in [5.74, 6) is -0.361. The van der Waals surface area contributed by atoms with Crippen molar-refractivity contribution in [2.75, 3.05) is 19.7 Å². The van der Waals surface area contributed by atoms with Crippen molar-refractivity contribution < 1.29 is 19.1 Å². The molecular formula is C15H20N2O4S. The molecule has 0 unspecified atom stereocenters. The number of carbonyl (C=O) groups is 2. The quantitative estimate of drug-likeness (QED) is 0.629. The number of ether oxygens (including phenoxy) is 2. The summed E-state index contributed by atoms with van der Waals surface area (Å²) >= 11 is 1.52. The van der Waals surface area contributed by atoms with Gasteiger partial charge in [0.2, 0.25) is 0 Å². The number of rotatable bonds is 4. The normalized spacial score (nSPS) is 16.0. The minimum absolute atomic E-state index is 0.147. The summed E-state index contributed by atoms with van der Waals surface area (Å²) in [6.45, 7) is 5.17. The number of piperidine rings is 1. The van der Waals surface area contributed by atoms with Crippen LogP contribution in [0.5, 0.6) is 0 Å². The fourth-order valence-corrected chi connectivity index (χ4v) is 2.87. The second-order valence-electron chi connectivity index (χ2n) is 4.94. The van der Waals surface area contributed by atoms with Crippen LogP contribution in [0.2, 0.25) is 0 Å². The second-order valence-corrected chi connectivity index (χ2v) is 6.20. The van der Waals surface area contributed by atoms with E-state index >= 15 is 0 Å². The van der Waals surface area contributed by atoms with E-state index in [4.69, 9.17) is 9.47 Å². The lowest BCUT2D eigenvalue weighted by molar-refractivity contribution is -0.144. The third-order valence-corrected chi connectivity index (χ3v) is 4.15. The van der Waals surface area contributed by atoms with Crippen LogP contribution >= 0.6 is 11.3 Å². The summed E-state index contributed by atoms with van der Waals surface area (Å²) in [6.07, 6.45) is 5.68. The topological polar surface area (TPSA) is 68.7 Å². The molecule has 6 nitrogen and oxygen atoms in total. The zero-order valence-corrected chi connectivity index (χ0v) is 13.6. The lowest BCUT2D eigenvalue weighted by Gasteiger charge is -2.30. The molecule has 2 heterocycles. The first kappa shape index (κ1) is 16.5. The van der Waals surface area contributed by atoms with Gasteiger partial charge in [0.15, 0.2) is 0 Å². The summed E-state index contributed by atoms with van der Waals surface area (Å²) < 4.78 is 10.3. The van der Waals surface area contributed by atoms with Crippen molar-refractivity contribution >= 4 is 29.5 Å². The third-order valence-electron chi connectivity index (χ3n) is 3.27. The minimum atomic E-state index is -0.361. The molecule has 7 heteroatoms. The van der Waals surface area contributed by atoms with Crippen LogP contribution in [0.4, 0.5) is 4.79 Å². The zero-order valence-electron chi connectivity index (χ0n) is 12.8. The van der Waals surface area contributed by atoms with Gasteiger partial charge in [0.05, 0.1) is 11.6 Å². The predicted molar refractivity (Wildman–Crippen MR) is 83.6 cm³/mol. The molecule has 1 aliphatic rings. The molecule has 1 aromatic rings. The molecule has 0 radical (unpaired) electrons. The van der Waals surface area contributed by atoms with Crippen LogP contribution in [0.25, 0.3) is 6.08 Å². The van der Waals surface area contributed by atoms with E-state index in [9.17, 15) is 9.59 Å². The lowest BCUT2D eigenvalue weighted by Crippen LogP contribution is -2.41. The number of hydrogen-bond acceptors (Lipinski definition) is 6. The second kappa shape index (κ2) is 7.93. The van der Waals surface area contributed by atoms with Crippen molar-refractivity contribution in [3.63, 3.8) is 0 Å². The van der Waals surface area contributed by atoms with E-state index < -0.39 is 0 Å². The van der Waals surface area contributed by atoms with E-state index in [2.05, 4.69) is 4.98 Å². The number of esters is 1. The minimum Gasteiger partial charge on any atom is -0.459 e. The maximum atomic E-state index is 11.8. The van der Waals surface area contributed by atoms with E-state index in [0.29, 0.717) is 32.5 Å². The third kappa shape index (κ3) is 4.84. The summed E-state index contributed by atoms with van der Waals surface area (Å²) in [7, 11) is 0. The molecule has 0 N–H and O–H groups in total. The van der Waals surface area contributed by atoms with Crippen molar-refractivity contribution in [3.8, 4) is 0 Å². The van der Waals surface area contributed by atoms with Crippen LogP contribution < -0.4 is 0 Å². The van der Waals surface area contributed by atoms with Gasteiger partial charge in [-0.3, -0.25) is 0 Å². The van der Waals surface area contributed by atoms with Crippen LogP contribution in [-0.2, 0) is 14.3 Å². The Kier molecular flexibility index (Phi) is 5.94. The smallest absolute Gasteiger partial charge is 0.409 e. The van der Waals surface area contributed by atoms with Gasteiger partial charge >= 0.3 is 12.1 Å². The average molecular weight is 324 g/mol. The van der Waals surface area contributed by atoms with Gasteiger partial charge in [-0.25, -0.2) is 14.6 Å². The Bertz CT molecular complexity index is 547. The predicted octanol–water partition coefficient (Wildman–Crippen LogP) is 2.63. The van der Waals surface area contributed by atoms with E-state index in [1.54, 1.807) is 24.1 Å². The highest BCUT2D eigenvalue weighted by Crippen LogP contribution is 2.16. The molecule has 0 aromatic carbocycles. The first-order chi connectivity index (χ1) is 10.6. The highest BCUT2D eigenvalue weighted by Gasteiger charge is 2.25. The molecule has 1 saturated heterocycles. The van der Waals surface area contributed by atoms with Gasteiger partial charge in [-0.05, 0) is 19.9 Å². The Morgan fingerprint density at radius 2 is 2.18 bits per heavy atom. The molecule has 120 valence electrons. The van der Waals surface area contributed by atoms with Gasteiger partial charge in [-0.2, -0.15) is 0 Å². The highest BCUT2D eigenvalue weighted by molar-refractivity contribution is 7.12. The molecular weight excluding hydrogens is 304 g/mol. The molecule has 1 aromatic heterocycles. The first-order valence-corrected chi connectivity index (χ1v) is 8.13. The Morgan fingerprint density at radius 1 is 1.45 bits per heavy atom. The molecule has 2 rings (SSSR count). The van der Waals surface area contributed by atoms with Gasteiger partial charge in [-0.1, -0.05) is 0 Å². The molecule has 0 atom stereocenters. The Balaban J connectivity index is 1.74. The SMILES string of the molecule is CCOC(=O)N1CCC(OC(=O)C=Cc2cnc(C)s2)CC1. The van der Waals surface area contributed by atoms with E-state index in [-0.39, 0.29) is 18.2 Å². The molecule has 1 amide bonds. The van der Waals surface area contributed by atoms with Crippen molar-refractivity contribution in [2.24, 2.45) is 0 Å². The summed E-state index contributed by atoms with van der Waals surface area (Å²) in [5.41, 5.74) is 0. The number of hydrogen-bond donors (Lipinski definition) is 0. The number of aryl methyl sites for hydroxylation is 1. The molecule has 22 heavy (non-hydrogen) atoms. The monoisotopic (exact) mass is 324 g/mol. The molecule has 0 aliphatic carbocycles. The first-order valence-electron chi connectivity index (χ1n) is 7.31. The van der Waals surface area contributed by atoms with Gasteiger partial charge in [0.1, 0.15) is 6.10 Å². The number of nitrogens with zero attached hydrogens (tertiary/aromatic N) is 2. The number of thiazole rings is 1. The van der Waals surface area contributed by atoms with Gasteiger partial charge in [0, 0.05) is 43.1 Å². The zero-order chi connectivity index (χ0) is 15.9. The van der Waals surface area contributed by atoms with E-state index in [1.807, 2.05) is 6.92 Å². The number of likely N-dealkylation sites (tertiary alicyclic amines) is 1. The largest absolute Gasteiger partial charge is 0.459 e. The molecule has 1 fully saturated rings. The standard InChI is InChI=1S/C15H20N2O4S/c1-3-20-15(19)17-8-6-12(7-9-17)21-14(18)5-4-13-10-16-11(2)22-13/h4-5,10,12H,3,6-9H2,1-2H3. The highest BCUT2D eigenvalue weighted by atomic mass is 32.1. The number of amides is 1. The Hall–Kier alpha value is -1.89. The van der Waals surface area contributed by atoms with E-state index in [1.165, 1.54) is 17.4 Å². The van der Waals surface area contributed by atoms with Crippen molar-refractivity contribution in [1.29, 1.82) is 0 Å². The fourth-order valence-electron chi connectivity index (χ4n) is 2.18. The van der Waals surface area contributed by atoms with Crippen molar-refractivity contribution in [1.82, 2.24) is 9.88 Å². The maximum absolute atomic E-state index is 11.8. The van der Waals surface area contributed by atoms with E-state index in [0.717, 1.165) is 9.88 Å². The van der Waals surface area contributed by atoms with Gasteiger partial charge < -0.3 is 14.4 Å². The Morgan fingerprint density at radius 3 is 2.77 bits per heavy atom.